The van der Waals surface area contributed by atoms with E-state index < -0.39 is 0 Å². The summed E-state index contributed by atoms with van der Waals surface area (Å²) in [6, 6.07) is 9.48. The molecule has 5 nitrogen and oxygen atoms in total. The third kappa shape index (κ3) is 3.93. The molecule has 0 saturated carbocycles. The van der Waals surface area contributed by atoms with Crippen molar-refractivity contribution in [2.45, 2.75) is 26.7 Å². The van der Waals surface area contributed by atoms with Gasteiger partial charge in [-0.15, -0.1) is 0 Å². The van der Waals surface area contributed by atoms with E-state index in [1.165, 1.54) is 0 Å². The summed E-state index contributed by atoms with van der Waals surface area (Å²) < 4.78 is 1.98. The molecule has 6 heteroatoms. The molecule has 1 aliphatic rings. The summed E-state index contributed by atoms with van der Waals surface area (Å²) in [6.45, 7) is 5.65. The fourth-order valence-electron chi connectivity index (χ4n) is 3.37. The Morgan fingerprint density at radius 2 is 1.93 bits per heavy atom. The summed E-state index contributed by atoms with van der Waals surface area (Å²) in [7, 11) is 1.95. The minimum absolute atomic E-state index is 0.0612. The molecule has 0 atom stereocenters. The van der Waals surface area contributed by atoms with Gasteiger partial charge in [0.2, 0.25) is 0 Å². The van der Waals surface area contributed by atoms with Crippen LogP contribution in [0.5, 0.6) is 0 Å². The van der Waals surface area contributed by atoms with Crippen LogP contribution in [-0.2, 0) is 7.05 Å². The number of likely N-dealkylation sites (tertiary alicyclic amines) is 1. The van der Waals surface area contributed by atoms with Crippen LogP contribution in [-0.4, -0.2) is 33.4 Å². The number of pyridine rings is 1. The lowest BCUT2D eigenvalue weighted by Gasteiger charge is -2.17. The summed E-state index contributed by atoms with van der Waals surface area (Å²) in [4.78, 5) is 19.3. The molecule has 4 rings (SSSR count). The monoisotopic (exact) mass is 384 g/mol. The lowest BCUT2D eigenvalue weighted by atomic mass is 10.1. The molecule has 3 aromatic rings. The van der Waals surface area contributed by atoms with Gasteiger partial charge in [0.1, 0.15) is 5.82 Å². The van der Waals surface area contributed by atoms with Crippen LogP contribution in [0.3, 0.4) is 0 Å². The van der Waals surface area contributed by atoms with Crippen molar-refractivity contribution in [2.24, 2.45) is 7.05 Å². The van der Waals surface area contributed by atoms with E-state index in [1.807, 2.05) is 66.9 Å². The number of carbonyl (C=O) groups excluding carboxylic acids is 1. The van der Waals surface area contributed by atoms with Crippen molar-refractivity contribution in [1.29, 1.82) is 0 Å². The van der Waals surface area contributed by atoms with Crippen molar-refractivity contribution >= 4 is 39.9 Å². The largest absolute Gasteiger partial charge is 0.350 e. The quantitative estimate of drug-likeness (QED) is 0.672. The zero-order valence-electron chi connectivity index (χ0n) is 16.0. The van der Waals surface area contributed by atoms with Crippen LogP contribution in [0, 0.1) is 0 Å². The molecule has 0 aliphatic carbocycles. The molecule has 1 aromatic carbocycles. The first kappa shape index (κ1) is 19.2. The van der Waals surface area contributed by atoms with Crippen LogP contribution in [0.25, 0.3) is 10.9 Å². The first-order chi connectivity index (χ1) is 13.1. The molecule has 1 fully saturated rings. The number of carbonyl (C=O) groups is 1. The molecule has 0 unspecified atom stereocenters. The molecule has 27 heavy (non-hydrogen) atoms. The molecule has 1 amide bonds. The van der Waals surface area contributed by atoms with E-state index in [1.54, 1.807) is 6.20 Å². The van der Waals surface area contributed by atoms with Crippen molar-refractivity contribution < 1.29 is 4.79 Å². The van der Waals surface area contributed by atoms with E-state index in [0.717, 1.165) is 48.3 Å². The maximum Gasteiger partial charge on any atom is 0.257 e. The number of anilines is 2. The number of halogens is 1. The smallest absolute Gasteiger partial charge is 0.257 e. The average Bonchev–Trinajstić information content (AvgIpc) is 3.34. The summed E-state index contributed by atoms with van der Waals surface area (Å²) >= 11 is 6.06. The van der Waals surface area contributed by atoms with Gasteiger partial charge >= 0.3 is 0 Å². The predicted molar refractivity (Wildman–Crippen MR) is 112 cm³/mol. The van der Waals surface area contributed by atoms with Crippen molar-refractivity contribution in [2.75, 3.05) is 18.4 Å². The number of nitrogens with zero attached hydrogens (tertiary/aromatic N) is 3. The Hall–Kier alpha value is -2.53. The van der Waals surface area contributed by atoms with Gasteiger partial charge in [-0.25, -0.2) is 4.98 Å². The standard InChI is InChI=1S/C19H19ClN4O.C2H6/c1-23-10-7-15-17(23)16(19(25)24-8-2-3-9-24)12-21-18(15)22-14-6-4-5-13(20)11-14;1-2/h4-7,10-12H,2-3,8-9H2,1H3,(H,21,22);1-2H3. The lowest BCUT2D eigenvalue weighted by molar-refractivity contribution is 0.0794. The first-order valence-corrected chi connectivity index (χ1v) is 9.77. The Labute approximate surface area is 165 Å². The van der Waals surface area contributed by atoms with Crippen LogP contribution >= 0.6 is 11.6 Å². The maximum absolute atomic E-state index is 12.9. The van der Waals surface area contributed by atoms with E-state index in [2.05, 4.69) is 10.3 Å². The number of hydrogen-bond donors (Lipinski definition) is 1. The first-order valence-electron chi connectivity index (χ1n) is 9.39. The van der Waals surface area contributed by atoms with Crippen molar-refractivity contribution in [3.05, 3.63) is 53.3 Å². The Bertz CT molecular complexity index is 945. The van der Waals surface area contributed by atoms with Gasteiger partial charge in [0.05, 0.1) is 11.1 Å². The molecular formula is C21H25ClN4O. The lowest BCUT2D eigenvalue weighted by Crippen LogP contribution is -2.28. The number of fused-ring (bicyclic) bond motifs is 1. The third-order valence-corrected chi connectivity index (χ3v) is 4.85. The Kier molecular flexibility index (Phi) is 6.01. The molecule has 1 N–H and O–H groups in total. The van der Waals surface area contributed by atoms with Gasteiger partial charge in [0.25, 0.3) is 5.91 Å². The summed E-state index contributed by atoms with van der Waals surface area (Å²) in [6.07, 6.45) is 5.78. The van der Waals surface area contributed by atoms with E-state index >= 15 is 0 Å². The molecular weight excluding hydrogens is 360 g/mol. The predicted octanol–water partition coefficient (Wildman–Crippen LogP) is 5.23. The summed E-state index contributed by atoms with van der Waals surface area (Å²) in [5.41, 5.74) is 2.42. The SMILES string of the molecule is CC.Cn1ccc2c(Nc3cccc(Cl)c3)ncc(C(=O)N3CCCC3)c21. The summed E-state index contributed by atoms with van der Waals surface area (Å²) in [5.74, 6) is 0.780. The fourth-order valence-corrected chi connectivity index (χ4v) is 3.56. The molecule has 3 heterocycles. The van der Waals surface area contributed by atoms with Crippen LogP contribution in [0.15, 0.2) is 42.7 Å². The van der Waals surface area contributed by atoms with E-state index in [4.69, 9.17) is 11.6 Å². The number of hydrogen-bond acceptors (Lipinski definition) is 3. The molecule has 2 aromatic heterocycles. The zero-order valence-corrected chi connectivity index (χ0v) is 16.8. The molecule has 142 valence electrons. The van der Waals surface area contributed by atoms with Gasteiger partial charge in [-0.05, 0) is 37.1 Å². The Morgan fingerprint density at radius 1 is 1.19 bits per heavy atom. The highest BCUT2D eigenvalue weighted by Gasteiger charge is 2.23. The maximum atomic E-state index is 12.9. The number of benzene rings is 1. The van der Waals surface area contributed by atoms with E-state index in [9.17, 15) is 4.79 Å². The van der Waals surface area contributed by atoms with E-state index in [0.29, 0.717) is 10.6 Å². The van der Waals surface area contributed by atoms with Crippen molar-refractivity contribution in [1.82, 2.24) is 14.5 Å². The number of aryl methyl sites for hydroxylation is 1. The number of nitrogens with one attached hydrogen (secondary N) is 1. The minimum atomic E-state index is 0.0612. The van der Waals surface area contributed by atoms with E-state index in [-0.39, 0.29) is 5.91 Å². The Morgan fingerprint density at radius 3 is 2.63 bits per heavy atom. The highest BCUT2D eigenvalue weighted by molar-refractivity contribution is 6.30. The van der Waals surface area contributed by atoms with Gasteiger partial charge in [-0.1, -0.05) is 31.5 Å². The average molecular weight is 385 g/mol. The molecule has 0 spiro atoms. The van der Waals surface area contributed by atoms with Crippen LogP contribution in [0.1, 0.15) is 37.0 Å². The van der Waals surface area contributed by atoms with Crippen LogP contribution in [0.2, 0.25) is 5.02 Å². The zero-order chi connectivity index (χ0) is 19.4. The van der Waals surface area contributed by atoms with Crippen molar-refractivity contribution in [3.63, 3.8) is 0 Å². The number of amides is 1. The highest BCUT2D eigenvalue weighted by Crippen LogP contribution is 2.29. The van der Waals surface area contributed by atoms with Crippen LogP contribution in [0.4, 0.5) is 11.5 Å². The highest BCUT2D eigenvalue weighted by atomic mass is 35.5. The molecule has 0 radical (unpaired) electrons. The van der Waals surface area contributed by atoms with Gasteiger partial charge < -0.3 is 14.8 Å². The van der Waals surface area contributed by atoms with Gasteiger partial charge in [-0.2, -0.15) is 0 Å². The minimum Gasteiger partial charge on any atom is -0.350 e. The van der Waals surface area contributed by atoms with Gasteiger partial charge in [0.15, 0.2) is 0 Å². The second-order valence-corrected chi connectivity index (χ2v) is 6.78. The topological polar surface area (TPSA) is 50.2 Å². The van der Waals surface area contributed by atoms with Crippen molar-refractivity contribution in [3.8, 4) is 0 Å². The summed E-state index contributed by atoms with van der Waals surface area (Å²) in [5, 5.41) is 4.89. The molecule has 1 aliphatic heterocycles. The fraction of sp³-hybridized carbons (Fsp3) is 0.333. The normalized spacial score (nSPS) is 13.4. The number of rotatable bonds is 3. The number of aromatic nitrogens is 2. The second kappa shape index (κ2) is 8.44. The van der Waals surface area contributed by atoms with Gasteiger partial charge in [-0.3, -0.25) is 4.79 Å². The molecule has 1 saturated heterocycles. The Balaban J connectivity index is 0.00000102. The molecule has 0 bridgehead atoms. The van der Waals surface area contributed by atoms with Gasteiger partial charge in [0, 0.05) is 48.6 Å². The van der Waals surface area contributed by atoms with Crippen LogP contribution < -0.4 is 5.32 Å². The third-order valence-electron chi connectivity index (χ3n) is 4.62. The second-order valence-electron chi connectivity index (χ2n) is 6.34.